The van der Waals surface area contributed by atoms with Crippen molar-refractivity contribution in [1.82, 2.24) is 9.82 Å². The summed E-state index contributed by atoms with van der Waals surface area (Å²) in [5.41, 5.74) is 1.68. The Morgan fingerprint density at radius 3 is 2.65 bits per heavy atom. The third-order valence-electron chi connectivity index (χ3n) is 3.01. The lowest BCUT2D eigenvalue weighted by atomic mass is 10.2. The molecule has 23 heavy (non-hydrogen) atoms. The molecule has 0 unspecified atom stereocenters. The molecule has 0 spiro atoms. The summed E-state index contributed by atoms with van der Waals surface area (Å²) >= 11 is 1.61. The molecule has 0 saturated carbocycles. The molecule has 0 aliphatic heterocycles. The minimum atomic E-state index is -3.65. The SMILES string of the molecule is O=S(=O)(N/N=C/c1cncc(-c2cccs2)c1)c1ccccc1. The van der Waals surface area contributed by atoms with E-state index < -0.39 is 10.0 Å². The number of nitrogens with zero attached hydrogens (tertiary/aromatic N) is 2. The van der Waals surface area contributed by atoms with Crippen LogP contribution in [0.15, 0.2) is 76.3 Å². The average Bonchev–Trinajstić information content (AvgIpc) is 3.10. The number of hydrogen-bond acceptors (Lipinski definition) is 5. The molecule has 0 aliphatic carbocycles. The van der Waals surface area contributed by atoms with Crippen molar-refractivity contribution in [3.05, 3.63) is 71.9 Å². The highest BCUT2D eigenvalue weighted by Gasteiger charge is 2.11. The molecule has 0 saturated heterocycles. The van der Waals surface area contributed by atoms with Crippen LogP contribution in [0.4, 0.5) is 0 Å². The molecule has 2 aromatic heterocycles. The molecule has 3 aromatic rings. The number of rotatable bonds is 5. The van der Waals surface area contributed by atoms with Crippen molar-refractivity contribution in [3.8, 4) is 10.4 Å². The Balaban J connectivity index is 1.75. The third kappa shape index (κ3) is 3.82. The molecule has 2 heterocycles. The van der Waals surface area contributed by atoms with E-state index in [1.807, 2.05) is 23.6 Å². The largest absolute Gasteiger partial charge is 0.276 e. The summed E-state index contributed by atoms with van der Waals surface area (Å²) in [6, 6.07) is 14.0. The van der Waals surface area contributed by atoms with Gasteiger partial charge >= 0.3 is 0 Å². The summed E-state index contributed by atoms with van der Waals surface area (Å²) in [6.45, 7) is 0. The van der Waals surface area contributed by atoms with Crippen LogP contribution in [0, 0.1) is 0 Å². The standard InChI is InChI=1S/C16H13N3O2S2/c20-23(21,15-5-2-1-3-6-15)19-18-11-13-9-14(12-17-10-13)16-7-4-8-22-16/h1-12,19H/b18-11+. The summed E-state index contributed by atoms with van der Waals surface area (Å²) in [4.78, 5) is 7.61. The zero-order valence-electron chi connectivity index (χ0n) is 12.0. The summed E-state index contributed by atoms with van der Waals surface area (Å²) in [5, 5.41) is 5.80. The summed E-state index contributed by atoms with van der Waals surface area (Å²) < 4.78 is 24.1. The fraction of sp³-hybridized carbons (Fsp3) is 0. The molecular weight excluding hydrogens is 330 g/mol. The van der Waals surface area contributed by atoms with Gasteiger partial charge in [0.2, 0.25) is 0 Å². The van der Waals surface area contributed by atoms with E-state index in [0.717, 1.165) is 10.4 Å². The highest BCUT2D eigenvalue weighted by Crippen LogP contribution is 2.23. The van der Waals surface area contributed by atoms with Crippen LogP contribution in [0.1, 0.15) is 5.56 Å². The van der Waals surface area contributed by atoms with Crippen molar-refractivity contribution in [1.29, 1.82) is 0 Å². The van der Waals surface area contributed by atoms with Crippen LogP contribution in [0.3, 0.4) is 0 Å². The van der Waals surface area contributed by atoms with E-state index in [2.05, 4.69) is 14.9 Å². The Labute approximate surface area is 138 Å². The minimum absolute atomic E-state index is 0.169. The Bertz CT molecular complexity index is 906. The molecule has 0 amide bonds. The lowest BCUT2D eigenvalue weighted by Crippen LogP contribution is -2.18. The van der Waals surface area contributed by atoms with Gasteiger partial charge in [0.05, 0.1) is 11.1 Å². The molecule has 3 rings (SSSR count). The van der Waals surface area contributed by atoms with Crippen LogP contribution < -0.4 is 4.83 Å². The van der Waals surface area contributed by atoms with Crippen molar-refractivity contribution in [2.24, 2.45) is 5.10 Å². The highest BCUT2D eigenvalue weighted by atomic mass is 32.2. The van der Waals surface area contributed by atoms with Crippen LogP contribution >= 0.6 is 11.3 Å². The van der Waals surface area contributed by atoms with Gasteiger partial charge in [-0.05, 0) is 29.6 Å². The Kier molecular flexibility index (Phi) is 4.50. The second kappa shape index (κ2) is 6.72. The van der Waals surface area contributed by atoms with E-state index in [-0.39, 0.29) is 4.90 Å². The first-order valence-electron chi connectivity index (χ1n) is 6.74. The van der Waals surface area contributed by atoms with Gasteiger partial charge in [-0.3, -0.25) is 4.98 Å². The monoisotopic (exact) mass is 343 g/mol. The summed E-state index contributed by atoms with van der Waals surface area (Å²) in [5.74, 6) is 0. The average molecular weight is 343 g/mol. The van der Waals surface area contributed by atoms with Gasteiger partial charge in [0.15, 0.2) is 0 Å². The predicted octanol–water partition coefficient (Wildman–Crippen LogP) is 3.12. The van der Waals surface area contributed by atoms with Crippen LogP contribution in [0.25, 0.3) is 10.4 Å². The van der Waals surface area contributed by atoms with Gasteiger partial charge in [-0.25, -0.2) is 4.83 Å². The van der Waals surface area contributed by atoms with Gasteiger partial charge in [0.25, 0.3) is 10.0 Å². The minimum Gasteiger partial charge on any atom is -0.263 e. The number of hydrogen-bond donors (Lipinski definition) is 1. The maximum absolute atomic E-state index is 12.0. The van der Waals surface area contributed by atoms with E-state index in [9.17, 15) is 8.42 Å². The number of nitrogens with one attached hydrogen (secondary N) is 1. The number of aromatic nitrogens is 1. The Hall–Kier alpha value is -2.51. The summed E-state index contributed by atoms with van der Waals surface area (Å²) in [7, 11) is -3.65. The van der Waals surface area contributed by atoms with Crippen molar-refractivity contribution in [2.45, 2.75) is 4.90 Å². The number of hydrazone groups is 1. The first-order chi connectivity index (χ1) is 11.1. The van der Waals surface area contributed by atoms with Gasteiger partial charge in [-0.15, -0.1) is 11.3 Å². The molecule has 7 heteroatoms. The molecule has 0 bridgehead atoms. The van der Waals surface area contributed by atoms with Gasteiger partial charge in [-0.2, -0.15) is 13.5 Å². The van der Waals surface area contributed by atoms with E-state index in [0.29, 0.717) is 5.56 Å². The topological polar surface area (TPSA) is 71.4 Å². The zero-order valence-corrected chi connectivity index (χ0v) is 13.6. The number of sulfonamides is 1. The van der Waals surface area contributed by atoms with Crippen LogP contribution in [-0.4, -0.2) is 19.6 Å². The first-order valence-corrected chi connectivity index (χ1v) is 9.10. The van der Waals surface area contributed by atoms with Gasteiger partial charge in [0.1, 0.15) is 0 Å². The van der Waals surface area contributed by atoms with Crippen LogP contribution in [0.5, 0.6) is 0 Å². The predicted molar refractivity (Wildman–Crippen MR) is 91.9 cm³/mol. The van der Waals surface area contributed by atoms with E-state index in [1.165, 1.54) is 18.3 Å². The Morgan fingerprint density at radius 1 is 1.09 bits per heavy atom. The van der Waals surface area contributed by atoms with E-state index >= 15 is 0 Å². The van der Waals surface area contributed by atoms with E-state index in [4.69, 9.17) is 0 Å². The molecule has 1 N–H and O–H groups in total. The van der Waals surface area contributed by atoms with Gasteiger partial charge in [-0.1, -0.05) is 24.3 Å². The molecule has 116 valence electrons. The maximum Gasteiger partial charge on any atom is 0.276 e. The van der Waals surface area contributed by atoms with E-state index in [1.54, 1.807) is 41.9 Å². The molecule has 0 fully saturated rings. The molecule has 5 nitrogen and oxygen atoms in total. The van der Waals surface area contributed by atoms with Crippen LogP contribution in [-0.2, 0) is 10.0 Å². The fourth-order valence-corrected chi connectivity index (χ4v) is 3.45. The number of thiophene rings is 1. The van der Waals surface area contributed by atoms with Gasteiger partial charge in [0, 0.05) is 28.4 Å². The van der Waals surface area contributed by atoms with Crippen molar-refractivity contribution in [2.75, 3.05) is 0 Å². The smallest absolute Gasteiger partial charge is 0.263 e. The van der Waals surface area contributed by atoms with Crippen molar-refractivity contribution >= 4 is 27.6 Å². The quantitative estimate of drug-likeness (QED) is 0.571. The van der Waals surface area contributed by atoms with Crippen molar-refractivity contribution < 1.29 is 8.42 Å². The summed E-state index contributed by atoms with van der Waals surface area (Å²) in [6.07, 6.45) is 4.82. The molecular formula is C16H13N3O2S2. The fourth-order valence-electron chi connectivity index (χ4n) is 1.93. The maximum atomic E-state index is 12.0. The second-order valence-electron chi connectivity index (χ2n) is 4.65. The molecule has 0 radical (unpaired) electrons. The molecule has 0 aliphatic rings. The first kappa shape index (κ1) is 15.4. The number of benzene rings is 1. The second-order valence-corrected chi connectivity index (χ2v) is 7.26. The third-order valence-corrected chi connectivity index (χ3v) is 5.16. The normalized spacial score (nSPS) is 11.7. The highest BCUT2D eigenvalue weighted by molar-refractivity contribution is 7.89. The van der Waals surface area contributed by atoms with Crippen LogP contribution in [0.2, 0.25) is 0 Å². The zero-order chi connectivity index (χ0) is 16.1. The molecule has 0 atom stereocenters. The molecule has 1 aromatic carbocycles. The lowest BCUT2D eigenvalue weighted by molar-refractivity contribution is 0.584. The Morgan fingerprint density at radius 2 is 1.91 bits per heavy atom. The lowest BCUT2D eigenvalue weighted by Gasteiger charge is -2.02. The number of pyridine rings is 1. The van der Waals surface area contributed by atoms with Crippen molar-refractivity contribution in [3.63, 3.8) is 0 Å². The van der Waals surface area contributed by atoms with Gasteiger partial charge < -0.3 is 0 Å².